The molecule has 5 nitrogen and oxygen atoms in total. The lowest BCUT2D eigenvalue weighted by molar-refractivity contribution is -0.120. The van der Waals surface area contributed by atoms with Crippen LogP contribution in [0.1, 0.15) is 26.3 Å². The van der Waals surface area contributed by atoms with Crippen LogP contribution < -0.4 is 10.9 Å². The van der Waals surface area contributed by atoms with Crippen LogP contribution in [-0.4, -0.2) is 26.8 Å². The third-order valence-corrected chi connectivity index (χ3v) is 5.65. The summed E-state index contributed by atoms with van der Waals surface area (Å²) in [6.45, 7) is 5.93. The average molecular weight is 416 g/mol. The van der Waals surface area contributed by atoms with E-state index in [2.05, 4.69) is 10.3 Å². The molecule has 0 radical (unpaired) electrons. The molecule has 1 heterocycles. The van der Waals surface area contributed by atoms with E-state index in [0.717, 1.165) is 5.56 Å². The zero-order valence-corrected chi connectivity index (χ0v) is 17.6. The van der Waals surface area contributed by atoms with Gasteiger partial charge in [0.15, 0.2) is 5.16 Å². The minimum Gasteiger partial charge on any atom is -0.353 e. The first kappa shape index (κ1) is 20.4. The van der Waals surface area contributed by atoms with E-state index in [4.69, 9.17) is 11.6 Å². The molecule has 0 aliphatic carbocycles. The van der Waals surface area contributed by atoms with Gasteiger partial charge in [-0.3, -0.25) is 14.2 Å². The average Bonchev–Trinajstić information content (AvgIpc) is 2.65. The third kappa shape index (κ3) is 4.56. The molecule has 0 bridgehead atoms. The van der Waals surface area contributed by atoms with Crippen LogP contribution in [0.5, 0.6) is 0 Å². The first-order valence-corrected chi connectivity index (χ1v) is 10.3. The van der Waals surface area contributed by atoms with Crippen LogP contribution in [0.4, 0.5) is 0 Å². The van der Waals surface area contributed by atoms with Gasteiger partial charge in [-0.15, -0.1) is 0 Å². The van der Waals surface area contributed by atoms with Crippen LogP contribution in [0.3, 0.4) is 0 Å². The number of hydrogen-bond acceptors (Lipinski definition) is 4. The van der Waals surface area contributed by atoms with Crippen molar-refractivity contribution in [3.63, 3.8) is 0 Å². The summed E-state index contributed by atoms with van der Waals surface area (Å²) in [7, 11) is 0. The fourth-order valence-electron chi connectivity index (χ4n) is 2.79. The molecule has 1 aromatic heterocycles. The summed E-state index contributed by atoms with van der Waals surface area (Å²) < 4.78 is 1.59. The second-order valence-corrected chi connectivity index (χ2v) is 8.53. The molecule has 1 N–H and O–H groups in total. The molecule has 7 heteroatoms. The summed E-state index contributed by atoms with van der Waals surface area (Å²) in [6.07, 6.45) is 0. The molecule has 2 aromatic carbocycles. The lowest BCUT2D eigenvalue weighted by Crippen LogP contribution is -2.36. The Labute approximate surface area is 173 Å². The topological polar surface area (TPSA) is 64.0 Å². The molecule has 28 heavy (non-hydrogen) atoms. The molecule has 0 unspecified atom stereocenters. The van der Waals surface area contributed by atoms with Crippen molar-refractivity contribution >= 4 is 40.2 Å². The van der Waals surface area contributed by atoms with Gasteiger partial charge >= 0.3 is 0 Å². The van der Waals surface area contributed by atoms with Gasteiger partial charge in [-0.1, -0.05) is 53.7 Å². The molecule has 3 aromatic rings. The summed E-state index contributed by atoms with van der Waals surface area (Å²) in [6, 6.07) is 14.7. The zero-order valence-electron chi connectivity index (χ0n) is 16.0. The molecule has 3 rings (SSSR count). The highest BCUT2D eigenvalue weighted by Gasteiger charge is 2.20. The summed E-state index contributed by atoms with van der Waals surface area (Å²) in [5.41, 5.74) is 1.29. The Balaban J connectivity index is 2.05. The maximum absolute atomic E-state index is 13.2. The predicted molar refractivity (Wildman–Crippen MR) is 115 cm³/mol. The molecular weight excluding hydrogens is 394 g/mol. The fraction of sp³-hybridized carbons (Fsp3) is 0.286. The Morgan fingerprint density at radius 1 is 1.14 bits per heavy atom. The number of benzene rings is 2. The second kappa shape index (κ2) is 8.80. The molecule has 0 saturated heterocycles. The largest absolute Gasteiger partial charge is 0.353 e. The zero-order chi connectivity index (χ0) is 20.3. The Bertz CT molecular complexity index is 1060. The summed E-state index contributed by atoms with van der Waals surface area (Å²) in [4.78, 5) is 30.2. The van der Waals surface area contributed by atoms with E-state index in [1.54, 1.807) is 22.8 Å². The molecule has 1 amide bonds. The van der Waals surface area contributed by atoms with Crippen molar-refractivity contribution in [3.05, 3.63) is 69.5 Å². The molecule has 0 aliphatic heterocycles. The van der Waals surface area contributed by atoms with Crippen LogP contribution >= 0.6 is 23.4 Å². The number of hydrogen-bond donors (Lipinski definition) is 1. The normalized spacial score (nSPS) is 12.3. The van der Waals surface area contributed by atoms with Gasteiger partial charge in [-0.2, -0.15) is 0 Å². The highest BCUT2D eigenvalue weighted by Crippen LogP contribution is 2.25. The summed E-state index contributed by atoms with van der Waals surface area (Å²) in [5.74, 6) is -0.0910. The number of amides is 1. The van der Waals surface area contributed by atoms with Crippen molar-refractivity contribution in [2.75, 3.05) is 0 Å². The van der Waals surface area contributed by atoms with Gasteiger partial charge in [0.2, 0.25) is 5.91 Å². The van der Waals surface area contributed by atoms with Crippen molar-refractivity contribution in [3.8, 4) is 0 Å². The van der Waals surface area contributed by atoms with Crippen LogP contribution in [-0.2, 0) is 11.3 Å². The van der Waals surface area contributed by atoms with Gasteiger partial charge in [-0.05, 0) is 44.5 Å². The lowest BCUT2D eigenvalue weighted by Gasteiger charge is -2.17. The van der Waals surface area contributed by atoms with Gasteiger partial charge in [-0.25, -0.2) is 4.98 Å². The highest BCUT2D eigenvalue weighted by molar-refractivity contribution is 8.00. The van der Waals surface area contributed by atoms with E-state index in [9.17, 15) is 9.59 Å². The molecule has 1 atom stereocenters. The number of carbonyl (C=O) groups excluding carboxylic acids is 1. The lowest BCUT2D eigenvalue weighted by atomic mass is 10.2. The van der Waals surface area contributed by atoms with Crippen LogP contribution in [0.25, 0.3) is 10.9 Å². The molecule has 0 spiro atoms. The molecule has 0 aliphatic rings. The minimum atomic E-state index is -0.395. The van der Waals surface area contributed by atoms with Crippen molar-refractivity contribution in [2.45, 2.75) is 43.8 Å². The van der Waals surface area contributed by atoms with E-state index >= 15 is 0 Å². The number of fused-ring (bicyclic) bond motifs is 1. The Morgan fingerprint density at radius 3 is 2.54 bits per heavy atom. The number of halogens is 1. The van der Waals surface area contributed by atoms with Crippen LogP contribution in [0.2, 0.25) is 5.02 Å². The number of para-hydroxylation sites is 1. The quantitative estimate of drug-likeness (QED) is 0.486. The maximum Gasteiger partial charge on any atom is 0.262 e. The maximum atomic E-state index is 13.2. The first-order valence-electron chi connectivity index (χ1n) is 9.07. The standard InChI is InChI=1S/C21H22ClN3O2S/c1-13(2)23-19(26)14(3)28-21-24-18-11-7-5-9-16(18)20(27)25(21)12-15-8-4-6-10-17(15)22/h4-11,13-14H,12H2,1-3H3,(H,23,26)/t14-/m1/s1. The van der Waals surface area contributed by atoms with Gasteiger partial charge < -0.3 is 5.32 Å². The van der Waals surface area contributed by atoms with Crippen molar-refractivity contribution in [2.24, 2.45) is 0 Å². The number of nitrogens with zero attached hydrogens (tertiary/aromatic N) is 2. The van der Waals surface area contributed by atoms with Crippen LogP contribution in [0.15, 0.2) is 58.5 Å². The number of aromatic nitrogens is 2. The van der Waals surface area contributed by atoms with Gasteiger partial charge in [0.1, 0.15) is 0 Å². The predicted octanol–water partition coefficient (Wildman–Crippen LogP) is 4.10. The third-order valence-electron chi connectivity index (χ3n) is 4.20. The van der Waals surface area contributed by atoms with E-state index in [1.807, 2.05) is 51.1 Å². The van der Waals surface area contributed by atoms with E-state index < -0.39 is 5.25 Å². The van der Waals surface area contributed by atoms with Crippen molar-refractivity contribution < 1.29 is 4.79 Å². The number of thioether (sulfide) groups is 1. The Morgan fingerprint density at radius 2 is 1.82 bits per heavy atom. The van der Waals surface area contributed by atoms with Gasteiger partial charge in [0.05, 0.1) is 22.7 Å². The number of carbonyl (C=O) groups is 1. The molecule has 0 fully saturated rings. The monoisotopic (exact) mass is 415 g/mol. The van der Waals surface area contributed by atoms with Gasteiger partial charge in [0.25, 0.3) is 5.56 Å². The van der Waals surface area contributed by atoms with E-state index in [1.165, 1.54) is 11.8 Å². The minimum absolute atomic E-state index is 0.0467. The Kier molecular flexibility index (Phi) is 6.42. The highest BCUT2D eigenvalue weighted by atomic mass is 35.5. The van der Waals surface area contributed by atoms with Gasteiger partial charge in [0, 0.05) is 11.1 Å². The van der Waals surface area contributed by atoms with Crippen molar-refractivity contribution in [1.82, 2.24) is 14.9 Å². The number of nitrogens with one attached hydrogen (secondary N) is 1. The summed E-state index contributed by atoms with van der Waals surface area (Å²) >= 11 is 7.57. The smallest absolute Gasteiger partial charge is 0.262 e. The first-order chi connectivity index (χ1) is 13.4. The van der Waals surface area contributed by atoms with E-state index in [0.29, 0.717) is 21.1 Å². The van der Waals surface area contributed by atoms with Crippen LogP contribution in [0, 0.1) is 0 Å². The molecule has 146 valence electrons. The molecule has 0 saturated carbocycles. The summed E-state index contributed by atoms with van der Waals surface area (Å²) in [5, 5.41) is 4.12. The number of rotatable bonds is 6. The molecular formula is C21H22ClN3O2S. The fourth-order valence-corrected chi connectivity index (χ4v) is 3.90. The van der Waals surface area contributed by atoms with Crippen molar-refractivity contribution in [1.29, 1.82) is 0 Å². The SMILES string of the molecule is CC(C)NC(=O)[C@@H](C)Sc1nc2ccccc2c(=O)n1Cc1ccccc1Cl. The second-order valence-electron chi connectivity index (χ2n) is 6.82. The van der Waals surface area contributed by atoms with E-state index in [-0.39, 0.29) is 24.1 Å². The Hall–Kier alpha value is -2.31.